The summed E-state index contributed by atoms with van der Waals surface area (Å²) in [7, 11) is 3.98. The van der Waals surface area contributed by atoms with Gasteiger partial charge in [-0.1, -0.05) is 31.7 Å². The van der Waals surface area contributed by atoms with E-state index >= 15 is 0 Å². The molecule has 1 atom stereocenters. The van der Waals surface area contributed by atoms with Crippen LogP contribution >= 0.6 is 0 Å². The molecule has 0 amide bonds. The minimum atomic E-state index is -4.44. The summed E-state index contributed by atoms with van der Waals surface area (Å²) in [5.41, 5.74) is 1.42. The van der Waals surface area contributed by atoms with Gasteiger partial charge in [0.1, 0.15) is 23.4 Å². The molecule has 0 unspecified atom stereocenters. The van der Waals surface area contributed by atoms with E-state index in [1.165, 1.54) is 11.6 Å². The van der Waals surface area contributed by atoms with Crippen LogP contribution in [0.2, 0.25) is 0 Å². The SMILES string of the molecule is C=C(C[C@@H](C)c1ccc(OC2CN(c3cccc(C(F)(F)F)n3)C2)cc1)N(C)C. The summed E-state index contributed by atoms with van der Waals surface area (Å²) in [4.78, 5) is 7.51. The molecule has 0 bridgehead atoms. The van der Waals surface area contributed by atoms with Crippen LogP contribution in [-0.4, -0.2) is 43.2 Å². The Balaban J connectivity index is 1.52. The van der Waals surface area contributed by atoms with Gasteiger partial charge in [-0.2, -0.15) is 13.2 Å². The highest BCUT2D eigenvalue weighted by molar-refractivity contribution is 5.43. The van der Waals surface area contributed by atoms with Crippen LogP contribution in [0.25, 0.3) is 0 Å². The highest BCUT2D eigenvalue weighted by Gasteiger charge is 2.35. The molecule has 1 aromatic carbocycles. The topological polar surface area (TPSA) is 28.6 Å². The van der Waals surface area contributed by atoms with Crippen molar-refractivity contribution in [3.63, 3.8) is 0 Å². The molecule has 29 heavy (non-hydrogen) atoms. The highest BCUT2D eigenvalue weighted by Crippen LogP contribution is 2.31. The molecular weight excluding hydrogens is 379 g/mol. The van der Waals surface area contributed by atoms with Gasteiger partial charge in [0, 0.05) is 19.8 Å². The summed E-state index contributed by atoms with van der Waals surface area (Å²) in [6.45, 7) is 7.26. The highest BCUT2D eigenvalue weighted by atomic mass is 19.4. The predicted octanol–water partition coefficient (Wildman–Crippen LogP) is 4.94. The lowest BCUT2D eigenvalue weighted by molar-refractivity contribution is -0.141. The second-order valence-corrected chi connectivity index (χ2v) is 7.66. The smallest absolute Gasteiger partial charge is 0.433 e. The Labute approximate surface area is 169 Å². The lowest BCUT2D eigenvalue weighted by Crippen LogP contribution is -2.54. The first-order chi connectivity index (χ1) is 13.6. The molecule has 1 aromatic heterocycles. The van der Waals surface area contributed by atoms with Crippen LogP contribution in [0, 0.1) is 0 Å². The first kappa shape index (κ1) is 21.0. The van der Waals surface area contributed by atoms with Crippen LogP contribution < -0.4 is 9.64 Å². The lowest BCUT2D eigenvalue weighted by Gasteiger charge is -2.40. The van der Waals surface area contributed by atoms with Crippen molar-refractivity contribution < 1.29 is 17.9 Å². The minimum Gasteiger partial charge on any atom is -0.487 e. The molecule has 3 rings (SSSR count). The molecule has 0 radical (unpaired) electrons. The van der Waals surface area contributed by atoms with E-state index in [4.69, 9.17) is 4.74 Å². The number of benzene rings is 1. The van der Waals surface area contributed by atoms with Gasteiger partial charge in [0.15, 0.2) is 0 Å². The molecule has 2 aromatic rings. The van der Waals surface area contributed by atoms with Gasteiger partial charge in [-0.25, -0.2) is 4.98 Å². The molecule has 1 saturated heterocycles. The van der Waals surface area contributed by atoms with Crippen molar-refractivity contribution in [3.8, 4) is 5.75 Å². The average molecular weight is 405 g/mol. The minimum absolute atomic E-state index is 0.0665. The molecule has 156 valence electrons. The molecule has 1 aliphatic rings. The average Bonchev–Trinajstić information content (AvgIpc) is 2.64. The van der Waals surface area contributed by atoms with Gasteiger partial charge in [-0.05, 0) is 42.2 Å². The first-order valence-corrected chi connectivity index (χ1v) is 9.54. The molecule has 0 aliphatic carbocycles. The second kappa shape index (κ2) is 8.35. The van der Waals surface area contributed by atoms with E-state index in [0.717, 1.165) is 23.9 Å². The summed E-state index contributed by atoms with van der Waals surface area (Å²) in [6, 6.07) is 11.9. The number of rotatable bonds is 7. The lowest BCUT2D eigenvalue weighted by atomic mass is 9.96. The van der Waals surface area contributed by atoms with Crippen LogP contribution in [0.4, 0.5) is 19.0 Å². The number of anilines is 1. The summed E-state index contributed by atoms with van der Waals surface area (Å²) in [5.74, 6) is 1.43. The zero-order valence-corrected chi connectivity index (χ0v) is 16.9. The molecule has 2 heterocycles. The van der Waals surface area contributed by atoms with Crippen molar-refractivity contribution >= 4 is 5.82 Å². The number of alkyl halides is 3. The van der Waals surface area contributed by atoms with E-state index in [-0.39, 0.29) is 6.10 Å². The van der Waals surface area contributed by atoms with E-state index in [1.54, 1.807) is 11.0 Å². The summed E-state index contributed by atoms with van der Waals surface area (Å²) >= 11 is 0. The van der Waals surface area contributed by atoms with Gasteiger partial charge in [0.25, 0.3) is 0 Å². The van der Waals surface area contributed by atoms with Gasteiger partial charge < -0.3 is 14.5 Å². The fraction of sp³-hybridized carbons (Fsp3) is 0.409. The number of ether oxygens (including phenoxy) is 1. The second-order valence-electron chi connectivity index (χ2n) is 7.66. The van der Waals surface area contributed by atoms with Crippen LogP contribution in [0.1, 0.15) is 30.5 Å². The third-order valence-electron chi connectivity index (χ3n) is 5.12. The standard InChI is InChI=1S/C22H26F3N3O/c1-15(12-16(2)27(3)4)17-8-10-18(11-9-17)29-19-13-28(14-19)21-7-5-6-20(26-21)22(23,24)25/h5-11,15,19H,2,12-14H2,1,3-4H3/t15-/m1/s1. The summed E-state index contributed by atoms with van der Waals surface area (Å²) < 4.78 is 44.3. The third-order valence-corrected chi connectivity index (χ3v) is 5.12. The monoisotopic (exact) mass is 405 g/mol. The largest absolute Gasteiger partial charge is 0.487 e. The summed E-state index contributed by atoms with van der Waals surface area (Å²) in [6.07, 6.45) is -3.62. The first-order valence-electron chi connectivity index (χ1n) is 9.54. The van der Waals surface area contributed by atoms with Gasteiger partial charge in [-0.3, -0.25) is 0 Å². The van der Waals surface area contributed by atoms with Crippen LogP contribution in [-0.2, 0) is 6.18 Å². The van der Waals surface area contributed by atoms with E-state index in [2.05, 4.69) is 18.5 Å². The number of aromatic nitrogens is 1. The Bertz CT molecular complexity index is 843. The van der Waals surface area contributed by atoms with Gasteiger partial charge in [0.05, 0.1) is 13.1 Å². The van der Waals surface area contributed by atoms with Gasteiger partial charge in [-0.15, -0.1) is 0 Å². The zero-order chi connectivity index (χ0) is 21.2. The Morgan fingerprint density at radius 2 is 1.86 bits per heavy atom. The van der Waals surface area contributed by atoms with E-state index < -0.39 is 11.9 Å². The van der Waals surface area contributed by atoms with E-state index in [0.29, 0.717) is 24.8 Å². The maximum atomic E-state index is 12.8. The number of pyridine rings is 1. The number of halogens is 3. The molecule has 1 aliphatic heterocycles. The van der Waals surface area contributed by atoms with E-state index in [1.807, 2.05) is 43.3 Å². The number of hydrogen-bond acceptors (Lipinski definition) is 4. The Morgan fingerprint density at radius 3 is 2.45 bits per heavy atom. The maximum absolute atomic E-state index is 12.8. The van der Waals surface area contributed by atoms with Crippen molar-refractivity contribution in [2.75, 3.05) is 32.1 Å². The molecule has 0 N–H and O–H groups in total. The maximum Gasteiger partial charge on any atom is 0.433 e. The van der Waals surface area contributed by atoms with Crippen molar-refractivity contribution in [2.45, 2.75) is 31.5 Å². The Kier molecular flexibility index (Phi) is 6.05. The number of hydrogen-bond donors (Lipinski definition) is 0. The predicted molar refractivity (Wildman–Crippen MR) is 108 cm³/mol. The molecule has 1 fully saturated rings. The van der Waals surface area contributed by atoms with E-state index in [9.17, 15) is 13.2 Å². The molecule has 0 saturated carbocycles. The fourth-order valence-corrected chi connectivity index (χ4v) is 3.18. The quantitative estimate of drug-likeness (QED) is 0.653. The van der Waals surface area contributed by atoms with Crippen LogP contribution in [0.3, 0.4) is 0 Å². The van der Waals surface area contributed by atoms with Gasteiger partial charge in [0.2, 0.25) is 0 Å². The van der Waals surface area contributed by atoms with Crippen molar-refractivity contribution in [3.05, 3.63) is 66.0 Å². The van der Waals surface area contributed by atoms with Crippen molar-refractivity contribution in [2.24, 2.45) is 0 Å². The van der Waals surface area contributed by atoms with Crippen LogP contribution in [0.15, 0.2) is 54.7 Å². The number of nitrogens with zero attached hydrogens (tertiary/aromatic N) is 3. The van der Waals surface area contributed by atoms with Crippen LogP contribution in [0.5, 0.6) is 5.75 Å². The van der Waals surface area contributed by atoms with Crippen molar-refractivity contribution in [1.82, 2.24) is 9.88 Å². The summed E-state index contributed by atoms with van der Waals surface area (Å²) in [5, 5.41) is 0. The zero-order valence-electron chi connectivity index (χ0n) is 16.9. The normalized spacial score (nSPS) is 15.6. The Morgan fingerprint density at radius 1 is 1.21 bits per heavy atom. The Hall–Kier alpha value is -2.70. The molecular formula is C22H26F3N3O. The molecule has 0 spiro atoms. The number of allylic oxidation sites excluding steroid dienone is 1. The molecule has 4 nitrogen and oxygen atoms in total. The van der Waals surface area contributed by atoms with Gasteiger partial charge >= 0.3 is 6.18 Å². The third kappa shape index (κ3) is 5.22. The fourth-order valence-electron chi connectivity index (χ4n) is 3.18. The molecule has 7 heteroatoms. The van der Waals surface area contributed by atoms with Crippen molar-refractivity contribution in [1.29, 1.82) is 0 Å².